The minimum Gasteiger partial charge on any atom is -0.504 e. The van der Waals surface area contributed by atoms with E-state index in [4.69, 9.17) is 4.74 Å². The third kappa shape index (κ3) is 1.70. The van der Waals surface area contributed by atoms with E-state index in [9.17, 15) is 5.11 Å². The quantitative estimate of drug-likeness (QED) is 0.910. The summed E-state index contributed by atoms with van der Waals surface area (Å²) in [7, 11) is 1.59. The second-order valence-electron chi connectivity index (χ2n) is 2.90. The van der Waals surface area contributed by atoms with Crippen LogP contribution in [0.3, 0.4) is 0 Å². The summed E-state index contributed by atoms with van der Waals surface area (Å²) in [6.45, 7) is 0. The largest absolute Gasteiger partial charge is 0.504 e. The van der Waals surface area contributed by atoms with Crippen LogP contribution in [0.4, 0.5) is 0 Å². The fourth-order valence-electron chi connectivity index (χ4n) is 1.30. The van der Waals surface area contributed by atoms with Gasteiger partial charge in [-0.3, -0.25) is 0 Å². The highest BCUT2D eigenvalue weighted by Gasteiger charge is 2.11. The monoisotopic (exact) mass is 268 g/mol. The summed E-state index contributed by atoms with van der Waals surface area (Å²) in [4.78, 5) is 0. The number of methoxy groups -OCH3 is 1. The zero-order valence-electron chi connectivity index (χ0n) is 8.01. The molecule has 0 amide bonds. The molecule has 4 nitrogen and oxygen atoms in total. The van der Waals surface area contributed by atoms with Crippen LogP contribution in [0.1, 0.15) is 0 Å². The predicted molar refractivity (Wildman–Crippen MR) is 59.5 cm³/mol. The molecule has 0 atom stereocenters. The number of halogens is 1. The molecule has 1 heterocycles. The van der Waals surface area contributed by atoms with E-state index in [1.807, 2.05) is 24.3 Å². The highest BCUT2D eigenvalue weighted by Crippen LogP contribution is 2.29. The van der Waals surface area contributed by atoms with Crippen molar-refractivity contribution in [2.45, 2.75) is 0 Å². The molecule has 2 aromatic rings. The Morgan fingerprint density at radius 3 is 2.73 bits per heavy atom. The van der Waals surface area contributed by atoms with E-state index in [0.717, 1.165) is 5.69 Å². The Kier molecular flexibility index (Phi) is 2.64. The highest BCUT2D eigenvalue weighted by atomic mass is 79.9. The molecule has 1 aromatic carbocycles. The summed E-state index contributed by atoms with van der Waals surface area (Å²) in [6.07, 6.45) is 1.37. The molecule has 78 valence electrons. The molecular formula is C10H9BrN2O2. The van der Waals surface area contributed by atoms with E-state index in [1.54, 1.807) is 11.8 Å². The van der Waals surface area contributed by atoms with Crippen molar-refractivity contribution >= 4 is 15.9 Å². The van der Waals surface area contributed by atoms with Gasteiger partial charge in [0.1, 0.15) is 11.4 Å². The van der Waals surface area contributed by atoms with E-state index in [2.05, 4.69) is 21.0 Å². The summed E-state index contributed by atoms with van der Waals surface area (Å²) in [6, 6.07) is 7.44. The van der Waals surface area contributed by atoms with Crippen molar-refractivity contribution in [3.63, 3.8) is 0 Å². The Morgan fingerprint density at radius 1 is 1.40 bits per heavy atom. The lowest BCUT2D eigenvalue weighted by molar-refractivity contribution is 0.411. The number of nitrogens with zero attached hydrogens (tertiary/aromatic N) is 2. The zero-order chi connectivity index (χ0) is 10.8. The molecule has 0 spiro atoms. The van der Waals surface area contributed by atoms with Gasteiger partial charge >= 0.3 is 0 Å². The number of benzene rings is 1. The Balaban J connectivity index is 2.58. The summed E-state index contributed by atoms with van der Waals surface area (Å²) in [5, 5.41) is 13.4. The lowest BCUT2D eigenvalue weighted by Crippen LogP contribution is -1.99. The molecule has 0 bridgehead atoms. The number of hydrogen-bond acceptors (Lipinski definition) is 3. The molecule has 0 saturated heterocycles. The topological polar surface area (TPSA) is 47.3 Å². The van der Waals surface area contributed by atoms with Gasteiger partial charge in [0, 0.05) is 0 Å². The maximum atomic E-state index is 9.39. The van der Waals surface area contributed by atoms with Gasteiger partial charge < -0.3 is 9.84 Å². The van der Waals surface area contributed by atoms with E-state index >= 15 is 0 Å². The summed E-state index contributed by atoms with van der Waals surface area (Å²) in [5.74, 6) is 0.794. The van der Waals surface area contributed by atoms with Gasteiger partial charge in [-0.1, -0.05) is 12.1 Å². The van der Waals surface area contributed by atoms with Crippen LogP contribution >= 0.6 is 15.9 Å². The van der Waals surface area contributed by atoms with Gasteiger partial charge in [-0.15, -0.1) is 0 Å². The summed E-state index contributed by atoms with van der Waals surface area (Å²) in [5.41, 5.74) is 0.771. The fraction of sp³-hybridized carbons (Fsp3) is 0.100. The minimum atomic E-state index is 0.0981. The number of aromatic hydroxyl groups is 1. The van der Waals surface area contributed by atoms with Gasteiger partial charge in [0.2, 0.25) is 0 Å². The molecule has 0 aliphatic rings. The second-order valence-corrected chi connectivity index (χ2v) is 3.66. The molecule has 0 aliphatic heterocycles. The van der Waals surface area contributed by atoms with Gasteiger partial charge in [0.25, 0.3) is 0 Å². The Labute approximate surface area is 95.2 Å². The first-order chi connectivity index (χ1) is 7.24. The van der Waals surface area contributed by atoms with Crippen LogP contribution in [0.2, 0.25) is 0 Å². The first-order valence-electron chi connectivity index (χ1n) is 4.30. The number of aromatic nitrogens is 2. The zero-order valence-corrected chi connectivity index (χ0v) is 9.60. The van der Waals surface area contributed by atoms with E-state index in [1.165, 1.54) is 6.20 Å². The Bertz CT molecular complexity index is 482. The normalized spacial score (nSPS) is 10.3. The molecule has 5 heteroatoms. The van der Waals surface area contributed by atoms with Crippen molar-refractivity contribution in [1.82, 2.24) is 9.78 Å². The molecule has 1 aromatic heterocycles. The number of ether oxygens (including phenoxy) is 1. The SMILES string of the molecule is COc1ccccc1-n1ncc(O)c1Br. The second kappa shape index (κ2) is 3.94. The molecule has 1 N–H and O–H groups in total. The molecule has 15 heavy (non-hydrogen) atoms. The van der Waals surface area contributed by atoms with Crippen LogP contribution in [0, 0.1) is 0 Å². The van der Waals surface area contributed by atoms with E-state index in [-0.39, 0.29) is 5.75 Å². The standard InChI is InChI=1S/C10H9BrN2O2/c1-15-9-5-3-2-4-7(9)13-10(11)8(14)6-12-13/h2-6,14H,1H3. The van der Waals surface area contributed by atoms with Crippen LogP contribution < -0.4 is 4.74 Å². The average molecular weight is 269 g/mol. The first kappa shape index (κ1) is 10.0. The third-order valence-corrected chi connectivity index (χ3v) is 2.75. The van der Waals surface area contributed by atoms with Gasteiger partial charge in [-0.2, -0.15) is 5.10 Å². The molecule has 0 radical (unpaired) electrons. The molecule has 0 saturated carbocycles. The lowest BCUT2D eigenvalue weighted by Gasteiger charge is -2.08. The third-order valence-electron chi connectivity index (χ3n) is 2.01. The molecule has 2 rings (SSSR count). The van der Waals surface area contributed by atoms with Gasteiger partial charge in [-0.05, 0) is 28.1 Å². The van der Waals surface area contributed by atoms with E-state index < -0.39 is 0 Å². The maximum absolute atomic E-state index is 9.39. The minimum absolute atomic E-state index is 0.0981. The van der Waals surface area contributed by atoms with Crippen molar-refractivity contribution in [2.24, 2.45) is 0 Å². The first-order valence-corrected chi connectivity index (χ1v) is 5.09. The van der Waals surface area contributed by atoms with Crippen molar-refractivity contribution in [2.75, 3.05) is 7.11 Å². The van der Waals surface area contributed by atoms with Crippen molar-refractivity contribution < 1.29 is 9.84 Å². The maximum Gasteiger partial charge on any atom is 0.168 e. The van der Waals surface area contributed by atoms with Gasteiger partial charge in [0.05, 0.1) is 13.3 Å². The molecule has 0 unspecified atom stereocenters. The van der Waals surface area contributed by atoms with Crippen molar-refractivity contribution in [3.8, 4) is 17.2 Å². The van der Waals surface area contributed by atoms with Crippen LogP contribution in [0.25, 0.3) is 5.69 Å². The van der Waals surface area contributed by atoms with Crippen LogP contribution in [0.5, 0.6) is 11.5 Å². The number of rotatable bonds is 2. The number of hydrogen-bond donors (Lipinski definition) is 1. The molecular weight excluding hydrogens is 260 g/mol. The number of para-hydroxylation sites is 2. The van der Waals surface area contributed by atoms with Crippen molar-refractivity contribution in [1.29, 1.82) is 0 Å². The van der Waals surface area contributed by atoms with E-state index in [0.29, 0.717) is 10.4 Å². The molecule has 0 fully saturated rings. The summed E-state index contributed by atoms with van der Waals surface area (Å²) < 4.78 is 7.27. The lowest BCUT2D eigenvalue weighted by atomic mass is 10.3. The smallest absolute Gasteiger partial charge is 0.168 e. The fourth-order valence-corrected chi connectivity index (χ4v) is 1.68. The van der Waals surface area contributed by atoms with Crippen LogP contribution in [-0.2, 0) is 0 Å². The average Bonchev–Trinajstić information content (AvgIpc) is 2.60. The molecule has 0 aliphatic carbocycles. The Morgan fingerprint density at radius 2 is 2.13 bits per heavy atom. The van der Waals surface area contributed by atoms with Crippen LogP contribution in [-0.4, -0.2) is 22.0 Å². The van der Waals surface area contributed by atoms with Gasteiger partial charge in [0.15, 0.2) is 10.4 Å². The summed E-state index contributed by atoms with van der Waals surface area (Å²) >= 11 is 3.25. The van der Waals surface area contributed by atoms with Crippen LogP contribution in [0.15, 0.2) is 35.1 Å². The highest BCUT2D eigenvalue weighted by molar-refractivity contribution is 9.10. The Hall–Kier alpha value is -1.49. The van der Waals surface area contributed by atoms with Crippen molar-refractivity contribution in [3.05, 3.63) is 35.1 Å². The van der Waals surface area contributed by atoms with Gasteiger partial charge in [-0.25, -0.2) is 4.68 Å². The predicted octanol–water partition coefficient (Wildman–Crippen LogP) is 2.35.